The zero-order chi connectivity index (χ0) is 13.8. The minimum absolute atomic E-state index is 0.0144. The van der Waals surface area contributed by atoms with E-state index in [9.17, 15) is 9.59 Å². The lowest BCUT2D eigenvalue weighted by molar-refractivity contribution is -0.144. The van der Waals surface area contributed by atoms with Crippen LogP contribution in [0.4, 0.5) is 0 Å². The summed E-state index contributed by atoms with van der Waals surface area (Å²) in [6.45, 7) is 7.16. The normalized spacial score (nSPS) is 24.6. The van der Waals surface area contributed by atoms with E-state index in [0.717, 1.165) is 6.42 Å². The van der Waals surface area contributed by atoms with Crippen molar-refractivity contribution >= 4 is 11.9 Å². The lowest BCUT2D eigenvalue weighted by Gasteiger charge is -2.26. The number of carboxylic acid groups (broad SMARTS) is 1. The first kappa shape index (κ1) is 15.0. The number of hydrogen-bond donors (Lipinski definition) is 2. The molecule has 0 unspecified atom stereocenters. The third-order valence-electron chi connectivity index (χ3n) is 3.62. The first-order valence-corrected chi connectivity index (χ1v) is 6.80. The molecule has 0 saturated heterocycles. The summed E-state index contributed by atoms with van der Waals surface area (Å²) in [7, 11) is 0. The highest BCUT2D eigenvalue weighted by Gasteiger charge is 2.29. The molecule has 0 aromatic rings. The maximum absolute atomic E-state index is 11.9. The highest BCUT2D eigenvalue weighted by molar-refractivity contribution is 5.79. The van der Waals surface area contributed by atoms with E-state index in [4.69, 9.17) is 5.11 Å². The van der Waals surface area contributed by atoms with Crippen molar-refractivity contribution < 1.29 is 14.7 Å². The van der Waals surface area contributed by atoms with Gasteiger partial charge in [-0.25, -0.2) is 0 Å². The lowest BCUT2D eigenvalue weighted by atomic mass is 9.81. The summed E-state index contributed by atoms with van der Waals surface area (Å²) in [5.74, 6) is -0.853. The van der Waals surface area contributed by atoms with Gasteiger partial charge in [0.25, 0.3) is 0 Å². The molecular weight excluding hydrogens is 230 g/mol. The lowest BCUT2D eigenvalue weighted by Crippen LogP contribution is -2.35. The second-order valence-corrected chi connectivity index (χ2v) is 6.49. The first-order valence-electron chi connectivity index (χ1n) is 6.80. The van der Waals surface area contributed by atoms with Crippen molar-refractivity contribution in [2.24, 2.45) is 17.3 Å². The van der Waals surface area contributed by atoms with Crippen LogP contribution in [-0.4, -0.2) is 23.5 Å². The van der Waals surface area contributed by atoms with Crippen molar-refractivity contribution in [1.82, 2.24) is 5.32 Å². The average molecular weight is 255 g/mol. The number of rotatable bonds is 4. The molecule has 0 atom stereocenters. The van der Waals surface area contributed by atoms with E-state index in [-0.39, 0.29) is 23.2 Å². The van der Waals surface area contributed by atoms with Crippen LogP contribution in [-0.2, 0) is 9.59 Å². The summed E-state index contributed by atoms with van der Waals surface area (Å²) in [6, 6.07) is 0. The fourth-order valence-corrected chi connectivity index (χ4v) is 2.31. The minimum Gasteiger partial charge on any atom is -0.481 e. The molecule has 0 radical (unpaired) electrons. The van der Waals surface area contributed by atoms with Gasteiger partial charge in [-0.3, -0.25) is 9.59 Å². The Morgan fingerprint density at radius 3 is 2.06 bits per heavy atom. The van der Waals surface area contributed by atoms with Crippen LogP contribution in [0.3, 0.4) is 0 Å². The Balaban J connectivity index is 2.26. The van der Waals surface area contributed by atoms with Crippen LogP contribution >= 0.6 is 0 Å². The molecule has 18 heavy (non-hydrogen) atoms. The second kappa shape index (κ2) is 6.21. The Hall–Kier alpha value is -1.06. The summed E-state index contributed by atoms with van der Waals surface area (Å²) in [6.07, 6.45) is 3.64. The molecular formula is C14H25NO3. The Kier molecular flexibility index (Phi) is 5.17. The molecule has 1 aliphatic rings. The second-order valence-electron chi connectivity index (χ2n) is 6.49. The van der Waals surface area contributed by atoms with E-state index in [0.29, 0.717) is 32.2 Å². The van der Waals surface area contributed by atoms with Gasteiger partial charge in [0.2, 0.25) is 5.91 Å². The maximum Gasteiger partial charge on any atom is 0.306 e. The molecule has 1 rings (SSSR count). The van der Waals surface area contributed by atoms with Gasteiger partial charge >= 0.3 is 5.97 Å². The molecule has 1 amide bonds. The van der Waals surface area contributed by atoms with E-state index in [1.807, 2.05) is 0 Å². The number of carbonyl (C=O) groups is 2. The molecule has 0 heterocycles. The Labute approximate surface area is 109 Å². The van der Waals surface area contributed by atoms with Gasteiger partial charge in [0, 0.05) is 12.5 Å². The van der Waals surface area contributed by atoms with Gasteiger partial charge in [-0.1, -0.05) is 20.8 Å². The molecule has 2 N–H and O–H groups in total. The van der Waals surface area contributed by atoms with Gasteiger partial charge in [-0.2, -0.15) is 0 Å². The van der Waals surface area contributed by atoms with Gasteiger partial charge in [-0.05, 0) is 37.5 Å². The van der Waals surface area contributed by atoms with Crippen molar-refractivity contribution in [3.63, 3.8) is 0 Å². The molecule has 0 bridgehead atoms. The van der Waals surface area contributed by atoms with Crippen molar-refractivity contribution in [2.75, 3.05) is 6.54 Å². The summed E-state index contributed by atoms with van der Waals surface area (Å²) in [5.41, 5.74) is 0.230. The molecule has 4 nitrogen and oxygen atoms in total. The van der Waals surface area contributed by atoms with Crippen LogP contribution in [0.15, 0.2) is 0 Å². The summed E-state index contributed by atoms with van der Waals surface area (Å²) in [5, 5.41) is 11.9. The number of amides is 1. The third-order valence-corrected chi connectivity index (χ3v) is 3.62. The predicted molar refractivity (Wildman–Crippen MR) is 70.2 cm³/mol. The maximum atomic E-state index is 11.9. The number of carboxylic acids is 1. The zero-order valence-electron chi connectivity index (χ0n) is 11.7. The monoisotopic (exact) mass is 255 g/mol. The number of aliphatic carboxylic acids is 1. The smallest absolute Gasteiger partial charge is 0.306 e. The van der Waals surface area contributed by atoms with E-state index >= 15 is 0 Å². The third kappa shape index (κ3) is 5.07. The Morgan fingerprint density at radius 2 is 1.61 bits per heavy atom. The minimum atomic E-state index is -0.721. The highest BCUT2D eigenvalue weighted by Crippen LogP contribution is 2.29. The molecule has 0 spiro atoms. The standard InChI is InChI=1S/C14H25NO3/c1-14(2,3)8-9-15-12(16)10-4-6-11(7-5-10)13(17)18/h10-11H,4-9H2,1-3H3,(H,15,16)(H,17,18). The Morgan fingerprint density at radius 1 is 1.11 bits per heavy atom. The van der Waals surface area contributed by atoms with Gasteiger partial charge in [0.15, 0.2) is 0 Å². The van der Waals surface area contributed by atoms with Crippen LogP contribution in [0.25, 0.3) is 0 Å². The van der Waals surface area contributed by atoms with Gasteiger partial charge in [0.05, 0.1) is 5.92 Å². The molecule has 1 aliphatic carbocycles. The van der Waals surface area contributed by atoms with Crippen LogP contribution in [0, 0.1) is 17.3 Å². The first-order chi connectivity index (χ1) is 8.29. The van der Waals surface area contributed by atoms with E-state index in [1.54, 1.807) is 0 Å². The fraction of sp³-hybridized carbons (Fsp3) is 0.857. The van der Waals surface area contributed by atoms with Crippen LogP contribution < -0.4 is 5.32 Å². The predicted octanol–water partition coefficient (Wildman–Crippen LogP) is 2.43. The quantitative estimate of drug-likeness (QED) is 0.810. The molecule has 0 aliphatic heterocycles. The number of carbonyl (C=O) groups excluding carboxylic acids is 1. The summed E-state index contributed by atoms with van der Waals surface area (Å²) < 4.78 is 0. The SMILES string of the molecule is CC(C)(C)CCNC(=O)C1CCC(C(=O)O)CC1. The average Bonchev–Trinajstić information content (AvgIpc) is 2.27. The Bertz CT molecular complexity index is 299. The van der Waals surface area contributed by atoms with Crippen molar-refractivity contribution in [3.8, 4) is 0 Å². The van der Waals surface area contributed by atoms with Crippen LogP contribution in [0.5, 0.6) is 0 Å². The zero-order valence-corrected chi connectivity index (χ0v) is 11.7. The number of nitrogens with one attached hydrogen (secondary N) is 1. The summed E-state index contributed by atoms with van der Waals surface area (Å²) >= 11 is 0. The van der Waals surface area contributed by atoms with E-state index in [2.05, 4.69) is 26.1 Å². The molecule has 0 aromatic heterocycles. The van der Waals surface area contributed by atoms with Crippen LogP contribution in [0.1, 0.15) is 52.9 Å². The largest absolute Gasteiger partial charge is 0.481 e. The summed E-state index contributed by atoms with van der Waals surface area (Å²) in [4.78, 5) is 22.7. The topological polar surface area (TPSA) is 66.4 Å². The van der Waals surface area contributed by atoms with Crippen LogP contribution in [0.2, 0.25) is 0 Å². The van der Waals surface area contributed by atoms with Gasteiger partial charge < -0.3 is 10.4 Å². The van der Waals surface area contributed by atoms with Gasteiger partial charge in [-0.15, -0.1) is 0 Å². The van der Waals surface area contributed by atoms with Crippen molar-refractivity contribution in [3.05, 3.63) is 0 Å². The number of hydrogen-bond acceptors (Lipinski definition) is 2. The van der Waals surface area contributed by atoms with Crippen molar-refractivity contribution in [1.29, 1.82) is 0 Å². The molecule has 104 valence electrons. The fourth-order valence-electron chi connectivity index (χ4n) is 2.31. The van der Waals surface area contributed by atoms with E-state index in [1.165, 1.54) is 0 Å². The van der Waals surface area contributed by atoms with Crippen molar-refractivity contribution in [2.45, 2.75) is 52.9 Å². The van der Waals surface area contributed by atoms with E-state index < -0.39 is 5.97 Å². The molecule has 0 aromatic carbocycles. The van der Waals surface area contributed by atoms with Gasteiger partial charge in [0.1, 0.15) is 0 Å². The molecule has 1 saturated carbocycles. The molecule has 4 heteroatoms. The molecule has 1 fully saturated rings. The highest BCUT2D eigenvalue weighted by atomic mass is 16.4.